The normalized spacial score (nSPS) is 35.1. The molecule has 0 bridgehead atoms. The molecule has 0 aromatic heterocycles. The topological polar surface area (TPSA) is 29.5 Å². The first-order valence-corrected chi connectivity index (χ1v) is 6.02. The van der Waals surface area contributed by atoms with Crippen LogP contribution in [0.25, 0.3) is 0 Å². The molecule has 0 aromatic rings. The Morgan fingerprint density at radius 1 is 1.35 bits per heavy atom. The standard InChI is InChI=1S/C12H17F3O2/c13-12(14,15)9-3-1-5-11(16,7-9)10-4-2-6-17-8-10/h8-9,16H,1-7H2. The van der Waals surface area contributed by atoms with Crippen LogP contribution in [0.1, 0.15) is 38.5 Å². The summed E-state index contributed by atoms with van der Waals surface area (Å²) in [6.45, 7) is 0.586. The second kappa shape index (κ2) is 4.52. The predicted molar refractivity (Wildman–Crippen MR) is 56.2 cm³/mol. The van der Waals surface area contributed by atoms with Gasteiger partial charge in [-0.15, -0.1) is 0 Å². The van der Waals surface area contributed by atoms with Gasteiger partial charge < -0.3 is 9.84 Å². The molecule has 2 atom stereocenters. The lowest BCUT2D eigenvalue weighted by Gasteiger charge is -2.39. The fourth-order valence-corrected chi connectivity index (χ4v) is 2.73. The number of halogens is 3. The van der Waals surface area contributed by atoms with E-state index < -0.39 is 17.7 Å². The number of aliphatic hydroxyl groups is 1. The van der Waals surface area contributed by atoms with Crippen LogP contribution in [-0.2, 0) is 4.74 Å². The van der Waals surface area contributed by atoms with Gasteiger partial charge in [-0.1, -0.05) is 0 Å². The van der Waals surface area contributed by atoms with Gasteiger partial charge in [0.25, 0.3) is 0 Å². The molecule has 2 aliphatic rings. The summed E-state index contributed by atoms with van der Waals surface area (Å²) in [6, 6.07) is 0. The fraction of sp³-hybridized carbons (Fsp3) is 0.833. The maximum Gasteiger partial charge on any atom is 0.391 e. The summed E-state index contributed by atoms with van der Waals surface area (Å²) >= 11 is 0. The smallest absolute Gasteiger partial charge is 0.391 e. The average Bonchev–Trinajstić information content (AvgIpc) is 2.29. The summed E-state index contributed by atoms with van der Waals surface area (Å²) in [5, 5.41) is 10.4. The van der Waals surface area contributed by atoms with Crippen LogP contribution in [0.3, 0.4) is 0 Å². The average molecular weight is 250 g/mol. The molecule has 1 aliphatic heterocycles. The second-order valence-corrected chi connectivity index (χ2v) is 4.98. The number of hydrogen-bond acceptors (Lipinski definition) is 2. The van der Waals surface area contributed by atoms with Crippen molar-refractivity contribution in [2.45, 2.75) is 50.3 Å². The van der Waals surface area contributed by atoms with Gasteiger partial charge in [0.15, 0.2) is 0 Å². The van der Waals surface area contributed by atoms with Gasteiger partial charge in [0, 0.05) is 0 Å². The van der Waals surface area contributed by atoms with E-state index >= 15 is 0 Å². The Labute approximate surface area is 98.5 Å². The van der Waals surface area contributed by atoms with Crippen molar-refractivity contribution in [2.75, 3.05) is 6.61 Å². The van der Waals surface area contributed by atoms with Crippen molar-refractivity contribution < 1.29 is 23.0 Å². The summed E-state index contributed by atoms with van der Waals surface area (Å²) < 4.78 is 43.2. The van der Waals surface area contributed by atoms with Gasteiger partial charge in [-0.05, 0) is 44.1 Å². The molecular weight excluding hydrogens is 233 g/mol. The minimum atomic E-state index is -4.20. The van der Waals surface area contributed by atoms with Crippen LogP contribution in [-0.4, -0.2) is 23.5 Å². The van der Waals surface area contributed by atoms with E-state index in [1.807, 2.05) is 0 Å². The lowest BCUT2D eigenvalue weighted by molar-refractivity contribution is -0.197. The first-order chi connectivity index (χ1) is 7.92. The summed E-state index contributed by atoms with van der Waals surface area (Å²) in [4.78, 5) is 0. The summed E-state index contributed by atoms with van der Waals surface area (Å²) in [7, 11) is 0. The number of alkyl halides is 3. The summed E-state index contributed by atoms with van der Waals surface area (Å²) in [5.74, 6) is -1.39. The van der Waals surface area contributed by atoms with Gasteiger partial charge >= 0.3 is 6.18 Å². The van der Waals surface area contributed by atoms with Crippen LogP contribution in [0, 0.1) is 5.92 Å². The SMILES string of the molecule is OC1(C2=COCCC2)CCCC(C(F)(F)F)C1. The number of rotatable bonds is 1. The van der Waals surface area contributed by atoms with Crippen molar-refractivity contribution in [3.05, 3.63) is 11.8 Å². The molecule has 2 rings (SSSR count). The second-order valence-electron chi connectivity index (χ2n) is 4.98. The molecule has 0 spiro atoms. The quantitative estimate of drug-likeness (QED) is 0.774. The van der Waals surface area contributed by atoms with Gasteiger partial charge in [-0.3, -0.25) is 0 Å². The lowest BCUT2D eigenvalue weighted by atomic mass is 9.73. The molecule has 0 saturated heterocycles. The van der Waals surface area contributed by atoms with Crippen molar-refractivity contribution in [3.8, 4) is 0 Å². The van der Waals surface area contributed by atoms with Crippen molar-refractivity contribution >= 4 is 0 Å². The molecule has 0 aromatic carbocycles. The molecule has 1 heterocycles. The molecule has 0 amide bonds. The van der Waals surface area contributed by atoms with E-state index in [1.54, 1.807) is 0 Å². The highest BCUT2D eigenvalue weighted by Gasteiger charge is 2.48. The third-order valence-electron chi connectivity index (χ3n) is 3.72. The third-order valence-corrected chi connectivity index (χ3v) is 3.72. The van der Waals surface area contributed by atoms with E-state index in [0.717, 1.165) is 6.42 Å². The predicted octanol–water partition coefficient (Wildman–Crippen LogP) is 3.16. The van der Waals surface area contributed by atoms with Gasteiger partial charge in [0.05, 0.1) is 24.4 Å². The minimum absolute atomic E-state index is 0.125. The van der Waals surface area contributed by atoms with Crippen LogP contribution in [0.2, 0.25) is 0 Å². The van der Waals surface area contributed by atoms with Gasteiger partial charge in [0.2, 0.25) is 0 Å². The van der Waals surface area contributed by atoms with E-state index in [0.29, 0.717) is 31.4 Å². The Bertz CT molecular complexity index is 311. The van der Waals surface area contributed by atoms with Crippen LogP contribution in [0.15, 0.2) is 11.8 Å². The minimum Gasteiger partial charge on any atom is -0.501 e. The monoisotopic (exact) mass is 250 g/mol. The zero-order chi connectivity index (χ0) is 12.5. The Hall–Kier alpha value is -0.710. The lowest BCUT2D eigenvalue weighted by Crippen LogP contribution is -2.42. The Morgan fingerprint density at radius 3 is 2.71 bits per heavy atom. The molecule has 2 unspecified atom stereocenters. The number of ether oxygens (including phenoxy) is 1. The Kier molecular flexibility index (Phi) is 3.39. The highest BCUT2D eigenvalue weighted by molar-refractivity contribution is 5.17. The molecule has 1 saturated carbocycles. The first kappa shape index (κ1) is 12.7. The Balaban J connectivity index is 2.12. The van der Waals surface area contributed by atoms with Crippen molar-refractivity contribution in [3.63, 3.8) is 0 Å². The van der Waals surface area contributed by atoms with Crippen molar-refractivity contribution in [2.24, 2.45) is 5.92 Å². The van der Waals surface area contributed by atoms with Crippen molar-refractivity contribution in [1.82, 2.24) is 0 Å². The van der Waals surface area contributed by atoms with Crippen LogP contribution in [0.5, 0.6) is 0 Å². The van der Waals surface area contributed by atoms with Gasteiger partial charge in [0.1, 0.15) is 0 Å². The van der Waals surface area contributed by atoms with Crippen LogP contribution < -0.4 is 0 Å². The van der Waals surface area contributed by atoms with E-state index in [4.69, 9.17) is 4.74 Å². The van der Waals surface area contributed by atoms with E-state index in [1.165, 1.54) is 6.26 Å². The molecule has 17 heavy (non-hydrogen) atoms. The molecule has 0 radical (unpaired) electrons. The molecule has 1 fully saturated rings. The highest BCUT2D eigenvalue weighted by atomic mass is 19.4. The molecule has 98 valence electrons. The first-order valence-electron chi connectivity index (χ1n) is 6.02. The highest BCUT2D eigenvalue weighted by Crippen LogP contribution is 2.45. The van der Waals surface area contributed by atoms with Gasteiger partial charge in [-0.25, -0.2) is 0 Å². The maximum atomic E-state index is 12.7. The molecule has 1 aliphatic carbocycles. The summed E-state index contributed by atoms with van der Waals surface area (Å²) in [5.41, 5.74) is -0.670. The van der Waals surface area contributed by atoms with E-state index in [9.17, 15) is 18.3 Å². The van der Waals surface area contributed by atoms with E-state index in [-0.39, 0.29) is 12.8 Å². The number of hydrogen-bond donors (Lipinski definition) is 1. The van der Waals surface area contributed by atoms with Gasteiger partial charge in [-0.2, -0.15) is 13.2 Å². The zero-order valence-electron chi connectivity index (χ0n) is 9.59. The molecular formula is C12H17F3O2. The zero-order valence-corrected chi connectivity index (χ0v) is 9.59. The van der Waals surface area contributed by atoms with Crippen molar-refractivity contribution in [1.29, 1.82) is 0 Å². The van der Waals surface area contributed by atoms with Crippen LogP contribution in [0.4, 0.5) is 13.2 Å². The summed E-state index contributed by atoms with van der Waals surface area (Å²) in [6.07, 6.45) is -0.600. The molecule has 5 heteroatoms. The molecule has 2 nitrogen and oxygen atoms in total. The fourth-order valence-electron chi connectivity index (χ4n) is 2.73. The molecule has 1 N–H and O–H groups in total. The van der Waals surface area contributed by atoms with Crippen LogP contribution >= 0.6 is 0 Å². The Morgan fingerprint density at radius 2 is 2.12 bits per heavy atom. The maximum absolute atomic E-state index is 12.7. The third kappa shape index (κ3) is 2.76. The van der Waals surface area contributed by atoms with E-state index in [2.05, 4.69) is 0 Å². The largest absolute Gasteiger partial charge is 0.501 e.